The van der Waals surface area contributed by atoms with E-state index in [-0.39, 0.29) is 17.4 Å². The van der Waals surface area contributed by atoms with E-state index in [1.165, 1.54) is 6.07 Å². The molecule has 20 heavy (non-hydrogen) atoms. The number of rotatable bonds is 4. The van der Waals surface area contributed by atoms with Gasteiger partial charge in [-0.3, -0.25) is 9.59 Å². The fourth-order valence-corrected chi connectivity index (χ4v) is 2.68. The van der Waals surface area contributed by atoms with Crippen LogP contribution in [-0.4, -0.2) is 42.0 Å². The van der Waals surface area contributed by atoms with Gasteiger partial charge in [0.25, 0.3) is 0 Å². The summed E-state index contributed by atoms with van der Waals surface area (Å²) in [5.74, 6) is 0.450. The molecule has 0 unspecified atom stereocenters. The molecule has 1 N–H and O–H groups in total. The molecule has 1 aliphatic rings. The smallest absolute Gasteiger partial charge is 0.248 e. The van der Waals surface area contributed by atoms with Gasteiger partial charge in [-0.25, -0.2) is 0 Å². The minimum Gasteiger partial charge on any atom is -0.367 e. The van der Waals surface area contributed by atoms with E-state index in [9.17, 15) is 9.59 Å². The van der Waals surface area contributed by atoms with E-state index in [0.717, 1.165) is 44.7 Å². The molecule has 1 aliphatic heterocycles. The normalized spacial score (nSPS) is 15.8. The summed E-state index contributed by atoms with van der Waals surface area (Å²) in [5.41, 5.74) is 0.926. The Labute approximate surface area is 119 Å². The van der Waals surface area contributed by atoms with Crippen LogP contribution in [0.25, 0.3) is 0 Å². The van der Waals surface area contributed by atoms with Crippen LogP contribution in [0.1, 0.15) is 26.7 Å². The van der Waals surface area contributed by atoms with Gasteiger partial charge in [-0.05, 0) is 18.9 Å². The Kier molecular flexibility index (Phi) is 4.82. The summed E-state index contributed by atoms with van der Waals surface area (Å²) in [7, 11) is 0. The Bertz CT molecular complexity index is 480. The van der Waals surface area contributed by atoms with Crippen molar-refractivity contribution in [2.45, 2.75) is 26.7 Å². The zero-order chi connectivity index (χ0) is 14.5. The van der Waals surface area contributed by atoms with Crippen molar-refractivity contribution >= 4 is 11.6 Å². The van der Waals surface area contributed by atoms with Crippen molar-refractivity contribution in [3.8, 4) is 0 Å². The molecule has 5 nitrogen and oxygen atoms in total. The van der Waals surface area contributed by atoms with Crippen LogP contribution < -0.4 is 10.5 Å². The number of nitrogens with one attached hydrogen (secondary N) is 1. The highest BCUT2D eigenvalue weighted by Gasteiger charge is 2.25. The molecule has 0 radical (unpaired) electrons. The molecule has 1 fully saturated rings. The van der Waals surface area contributed by atoms with Gasteiger partial charge in [0, 0.05) is 44.4 Å². The van der Waals surface area contributed by atoms with Crippen molar-refractivity contribution in [3.05, 3.63) is 28.7 Å². The molecule has 1 aromatic rings. The molecule has 1 amide bonds. The summed E-state index contributed by atoms with van der Waals surface area (Å²) in [6.45, 7) is 7.30. The van der Waals surface area contributed by atoms with E-state index in [0.29, 0.717) is 0 Å². The van der Waals surface area contributed by atoms with Gasteiger partial charge in [0.05, 0.1) is 5.69 Å². The summed E-state index contributed by atoms with van der Waals surface area (Å²) >= 11 is 0. The molecule has 0 aliphatic carbocycles. The quantitative estimate of drug-likeness (QED) is 0.906. The van der Waals surface area contributed by atoms with Crippen molar-refractivity contribution in [2.24, 2.45) is 5.92 Å². The largest absolute Gasteiger partial charge is 0.367 e. The van der Waals surface area contributed by atoms with Crippen LogP contribution in [0.3, 0.4) is 0 Å². The van der Waals surface area contributed by atoms with Gasteiger partial charge in [0.1, 0.15) is 0 Å². The zero-order valence-electron chi connectivity index (χ0n) is 12.3. The second-order valence-corrected chi connectivity index (χ2v) is 5.24. The van der Waals surface area contributed by atoms with Gasteiger partial charge < -0.3 is 14.8 Å². The average molecular weight is 277 g/mol. The van der Waals surface area contributed by atoms with Gasteiger partial charge in [0.2, 0.25) is 11.5 Å². The standard InChI is InChI=1S/C15H23N3O2/c1-3-12(4-2)15(20)18-9-7-17(8-10-18)13-5-6-14(19)16-11-13/h5-6,11-12H,3-4,7-10H2,1-2H3,(H,16,19). The number of hydrogen-bond acceptors (Lipinski definition) is 3. The molecular weight excluding hydrogens is 254 g/mol. The minimum atomic E-state index is -0.0868. The number of aromatic amines is 1. The van der Waals surface area contributed by atoms with E-state index in [4.69, 9.17) is 0 Å². The number of aromatic nitrogens is 1. The van der Waals surface area contributed by atoms with E-state index in [2.05, 4.69) is 23.7 Å². The zero-order valence-corrected chi connectivity index (χ0v) is 12.3. The maximum atomic E-state index is 12.3. The number of nitrogens with zero attached hydrogens (tertiary/aromatic N) is 2. The van der Waals surface area contributed by atoms with Gasteiger partial charge >= 0.3 is 0 Å². The second-order valence-electron chi connectivity index (χ2n) is 5.24. The van der Waals surface area contributed by atoms with Crippen LogP contribution in [0.2, 0.25) is 0 Å². The van der Waals surface area contributed by atoms with Gasteiger partial charge in [-0.1, -0.05) is 13.8 Å². The SMILES string of the molecule is CCC(CC)C(=O)N1CCN(c2ccc(=O)[nH]c2)CC1. The maximum Gasteiger partial charge on any atom is 0.248 e. The fraction of sp³-hybridized carbons (Fsp3) is 0.600. The highest BCUT2D eigenvalue weighted by Crippen LogP contribution is 2.17. The first-order chi connectivity index (χ1) is 9.65. The van der Waals surface area contributed by atoms with E-state index in [1.54, 1.807) is 6.20 Å². The third kappa shape index (κ3) is 3.21. The van der Waals surface area contributed by atoms with Crippen molar-refractivity contribution in [2.75, 3.05) is 31.1 Å². The Morgan fingerprint density at radius 3 is 2.35 bits per heavy atom. The summed E-state index contributed by atoms with van der Waals surface area (Å²) < 4.78 is 0. The first kappa shape index (κ1) is 14.6. The van der Waals surface area contributed by atoms with Crippen molar-refractivity contribution < 1.29 is 4.79 Å². The van der Waals surface area contributed by atoms with Gasteiger partial charge in [-0.15, -0.1) is 0 Å². The first-order valence-electron chi connectivity index (χ1n) is 7.38. The summed E-state index contributed by atoms with van der Waals surface area (Å²) in [6, 6.07) is 3.37. The number of anilines is 1. The molecule has 5 heteroatoms. The lowest BCUT2D eigenvalue weighted by molar-refractivity contribution is -0.136. The molecule has 0 spiro atoms. The van der Waals surface area contributed by atoms with E-state index >= 15 is 0 Å². The number of amides is 1. The number of piperazine rings is 1. The summed E-state index contributed by atoms with van der Waals surface area (Å²) in [5, 5.41) is 0. The topological polar surface area (TPSA) is 56.4 Å². The van der Waals surface area contributed by atoms with Crippen LogP contribution in [-0.2, 0) is 4.79 Å². The monoisotopic (exact) mass is 277 g/mol. The lowest BCUT2D eigenvalue weighted by atomic mass is 10.0. The minimum absolute atomic E-state index is 0.0868. The van der Waals surface area contributed by atoms with Crippen LogP contribution in [0.5, 0.6) is 0 Å². The highest BCUT2D eigenvalue weighted by molar-refractivity contribution is 5.79. The second kappa shape index (κ2) is 6.59. The molecule has 0 bridgehead atoms. The van der Waals surface area contributed by atoms with Gasteiger partial charge in [-0.2, -0.15) is 0 Å². The fourth-order valence-electron chi connectivity index (χ4n) is 2.68. The number of hydrogen-bond donors (Lipinski definition) is 1. The van der Waals surface area contributed by atoms with Crippen molar-refractivity contribution in [1.82, 2.24) is 9.88 Å². The molecule has 0 saturated carbocycles. The molecule has 2 rings (SSSR count). The number of carbonyl (C=O) groups is 1. The Morgan fingerprint density at radius 2 is 1.85 bits per heavy atom. The third-order valence-electron chi connectivity index (χ3n) is 4.06. The maximum absolute atomic E-state index is 12.3. The number of H-pyrrole nitrogens is 1. The number of carbonyl (C=O) groups excluding carboxylic acids is 1. The highest BCUT2D eigenvalue weighted by atomic mass is 16.2. The lowest BCUT2D eigenvalue weighted by Gasteiger charge is -2.37. The number of pyridine rings is 1. The predicted molar refractivity (Wildman–Crippen MR) is 79.9 cm³/mol. The van der Waals surface area contributed by atoms with Crippen LogP contribution in [0.4, 0.5) is 5.69 Å². The third-order valence-corrected chi connectivity index (χ3v) is 4.06. The van der Waals surface area contributed by atoms with E-state index in [1.807, 2.05) is 11.0 Å². The average Bonchev–Trinajstić information content (AvgIpc) is 2.49. The molecule has 0 aromatic carbocycles. The molecule has 2 heterocycles. The van der Waals surface area contributed by atoms with Crippen LogP contribution in [0, 0.1) is 5.92 Å². The predicted octanol–water partition coefficient (Wildman–Crippen LogP) is 1.46. The Hall–Kier alpha value is -1.78. The first-order valence-corrected chi connectivity index (χ1v) is 7.38. The summed E-state index contributed by atoms with van der Waals surface area (Å²) in [6.07, 6.45) is 3.56. The molecule has 110 valence electrons. The Morgan fingerprint density at radius 1 is 1.20 bits per heavy atom. The molecule has 1 saturated heterocycles. The molecule has 1 aromatic heterocycles. The van der Waals surface area contributed by atoms with Crippen LogP contribution in [0.15, 0.2) is 23.1 Å². The summed E-state index contributed by atoms with van der Waals surface area (Å²) in [4.78, 5) is 30.2. The molecular formula is C15H23N3O2. The van der Waals surface area contributed by atoms with Crippen molar-refractivity contribution in [1.29, 1.82) is 0 Å². The Balaban J connectivity index is 1.93. The van der Waals surface area contributed by atoms with Crippen molar-refractivity contribution in [3.63, 3.8) is 0 Å². The lowest BCUT2D eigenvalue weighted by Crippen LogP contribution is -2.50. The van der Waals surface area contributed by atoms with Gasteiger partial charge in [0.15, 0.2) is 0 Å². The van der Waals surface area contributed by atoms with Crippen LogP contribution >= 0.6 is 0 Å². The van der Waals surface area contributed by atoms with E-state index < -0.39 is 0 Å². The molecule has 0 atom stereocenters.